The smallest absolute Gasteiger partial charge is 0.315 e. The van der Waals surface area contributed by atoms with E-state index in [-0.39, 0.29) is 23.9 Å². The summed E-state index contributed by atoms with van der Waals surface area (Å²) in [6, 6.07) is 11.2. The lowest BCUT2D eigenvalue weighted by atomic mass is 10.1. The van der Waals surface area contributed by atoms with Crippen LogP contribution in [0.3, 0.4) is 0 Å². The number of hydrogen-bond acceptors (Lipinski definition) is 3. The van der Waals surface area contributed by atoms with E-state index in [9.17, 15) is 9.59 Å². The van der Waals surface area contributed by atoms with Crippen molar-refractivity contribution in [1.82, 2.24) is 10.6 Å². The standard InChI is InChI=1S/C18H21N3O2S/c1-12(20-18(23)19-11-16-3-2-10-24-16)13-6-8-15(9-7-13)21-17(22)14-4-5-14/h2-3,6-10,12,14H,4-5,11H2,1H3,(H,21,22)(H2,19,20,23). The minimum atomic E-state index is -0.193. The second kappa shape index (κ2) is 7.49. The quantitative estimate of drug-likeness (QED) is 0.749. The molecule has 1 heterocycles. The second-order valence-electron chi connectivity index (χ2n) is 6.01. The highest BCUT2D eigenvalue weighted by atomic mass is 32.1. The predicted octanol–water partition coefficient (Wildman–Crippen LogP) is 3.66. The van der Waals surface area contributed by atoms with Crippen molar-refractivity contribution in [2.75, 3.05) is 5.32 Å². The van der Waals surface area contributed by atoms with E-state index in [0.29, 0.717) is 6.54 Å². The van der Waals surface area contributed by atoms with Crippen molar-refractivity contribution in [2.24, 2.45) is 5.92 Å². The van der Waals surface area contributed by atoms with Crippen LogP contribution in [0, 0.1) is 5.92 Å². The van der Waals surface area contributed by atoms with Crippen molar-refractivity contribution in [3.63, 3.8) is 0 Å². The van der Waals surface area contributed by atoms with Crippen LogP contribution in [-0.4, -0.2) is 11.9 Å². The summed E-state index contributed by atoms with van der Waals surface area (Å²) in [5.41, 5.74) is 1.79. The summed E-state index contributed by atoms with van der Waals surface area (Å²) in [5.74, 6) is 0.291. The van der Waals surface area contributed by atoms with Crippen LogP contribution in [-0.2, 0) is 11.3 Å². The first-order valence-corrected chi connectivity index (χ1v) is 8.97. The largest absolute Gasteiger partial charge is 0.333 e. The molecule has 1 aliphatic carbocycles. The number of amides is 3. The van der Waals surface area contributed by atoms with E-state index in [0.717, 1.165) is 29.0 Å². The Morgan fingerprint density at radius 1 is 1.21 bits per heavy atom. The Kier molecular flexibility index (Phi) is 5.15. The highest BCUT2D eigenvalue weighted by Crippen LogP contribution is 2.30. The zero-order chi connectivity index (χ0) is 16.9. The molecule has 1 aromatic heterocycles. The maximum Gasteiger partial charge on any atom is 0.315 e. The first-order chi connectivity index (χ1) is 11.6. The van der Waals surface area contributed by atoms with Crippen molar-refractivity contribution in [1.29, 1.82) is 0 Å². The van der Waals surface area contributed by atoms with E-state index in [2.05, 4.69) is 16.0 Å². The average Bonchev–Trinajstić information content (AvgIpc) is 3.30. The van der Waals surface area contributed by atoms with Crippen LogP contribution < -0.4 is 16.0 Å². The highest BCUT2D eigenvalue weighted by molar-refractivity contribution is 7.09. The Morgan fingerprint density at radius 3 is 2.58 bits per heavy atom. The summed E-state index contributed by atoms with van der Waals surface area (Å²) in [4.78, 5) is 24.8. The van der Waals surface area contributed by atoms with Gasteiger partial charge in [0.1, 0.15) is 0 Å². The van der Waals surface area contributed by atoms with Gasteiger partial charge in [0.05, 0.1) is 12.6 Å². The number of rotatable bonds is 6. The molecule has 0 aliphatic heterocycles. The van der Waals surface area contributed by atoms with Crippen LogP contribution in [0.4, 0.5) is 10.5 Å². The number of anilines is 1. The summed E-state index contributed by atoms with van der Waals surface area (Å²) >= 11 is 1.62. The van der Waals surface area contributed by atoms with Crippen molar-refractivity contribution in [3.8, 4) is 0 Å². The van der Waals surface area contributed by atoms with Gasteiger partial charge >= 0.3 is 6.03 Å². The maximum absolute atomic E-state index is 11.9. The molecule has 3 rings (SSSR count). The number of nitrogens with one attached hydrogen (secondary N) is 3. The topological polar surface area (TPSA) is 70.2 Å². The van der Waals surface area contributed by atoms with Gasteiger partial charge in [-0.3, -0.25) is 4.79 Å². The van der Waals surface area contributed by atoms with Gasteiger partial charge in [0, 0.05) is 16.5 Å². The lowest BCUT2D eigenvalue weighted by Gasteiger charge is -2.15. The minimum Gasteiger partial charge on any atom is -0.333 e. The molecule has 1 fully saturated rings. The highest BCUT2D eigenvalue weighted by Gasteiger charge is 2.29. The number of thiophene rings is 1. The molecule has 1 unspecified atom stereocenters. The molecule has 0 bridgehead atoms. The molecule has 1 aliphatic rings. The van der Waals surface area contributed by atoms with Gasteiger partial charge in [-0.25, -0.2) is 4.79 Å². The lowest BCUT2D eigenvalue weighted by molar-refractivity contribution is -0.117. The molecule has 3 amide bonds. The van der Waals surface area contributed by atoms with Gasteiger partial charge in [0.2, 0.25) is 5.91 Å². The van der Waals surface area contributed by atoms with E-state index < -0.39 is 0 Å². The van der Waals surface area contributed by atoms with E-state index in [1.54, 1.807) is 11.3 Å². The maximum atomic E-state index is 11.9. The Balaban J connectivity index is 1.47. The molecule has 0 radical (unpaired) electrons. The average molecular weight is 343 g/mol. The van der Waals surface area contributed by atoms with Crippen LogP contribution in [0.15, 0.2) is 41.8 Å². The number of urea groups is 1. The molecule has 1 aromatic carbocycles. The molecule has 6 heteroatoms. The number of benzene rings is 1. The third kappa shape index (κ3) is 4.58. The van der Waals surface area contributed by atoms with Gasteiger partial charge < -0.3 is 16.0 Å². The third-order valence-electron chi connectivity index (χ3n) is 3.98. The molecule has 24 heavy (non-hydrogen) atoms. The van der Waals surface area contributed by atoms with Crippen molar-refractivity contribution < 1.29 is 9.59 Å². The SMILES string of the molecule is CC(NC(=O)NCc1cccs1)c1ccc(NC(=O)C2CC2)cc1. The van der Waals surface area contributed by atoms with Gasteiger partial charge in [-0.15, -0.1) is 11.3 Å². The zero-order valence-electron chi connectivity index (χ0n) is 13.5. The predicted molar refractivity (Wildman–Crippen MR) is 95.9 cm³/mol. The molecule has 1 saturated carbocycles. The van der Waals surface area contributed by atoms with Gasteiger partial charge in [-0.2, -0.15) is 0 Å². The van der Waals surface area contributed by atoms with E-state index in [1.807, 2.05) is 48.7 Å². The molecule has 0 spiro atoms. The molecular formula is C18H21N3O2S. The van der Waals surface area contributed by atoms with Gasteiger partial charge in [-0.05, 0) is 48.9 Å². The van der Waals surface area contributed by atoms with Crippen LogP contribution in [0.1, 0.15) is 36.2 Å². The summed E-state index contributed by atoms with van der Waals surface area (Å²) in [6.07, 6.45) is 1.98. The van der Waals surface area contributed by atoms with Crippen molar-refractivity contribution in [2.45, 2.75) is 32.4 Å². The molecule has 2 aromatic rings. The number of carbonyl (C=O) groups is 2. The van der Waals surface area contributed by atoms with E-state index in [4.69, 9.17) is 0 Å². The fourth-order valence-electron chi connectivity index (χ4n) is 2.36. The van der Waals surface area contributed by atoms with Gasteiger partial charge in [0.25, 0.3) is 0 Å². The summed E-state index contributed by atoms with van der Waals surface area (Å²) in [5, 5.41) is 10.7. The lowest BCUT2D eigenvalue weighted by Crippen LogP contribution is -2.36. The molecule has 5 nitrogen and oxygen atoms in total. The van der Waals surface area contributed by atoms with Crippen LogP contribution in [0.5, 0.6) is 0 Å². The van der Waals surface area contributed by atoms with E-state index >= 15 is 0 Å². The molecular weight excluding hydrogens is 322 g/mol. The van der Waals surface area contributed by atoms with Crippen molar-refractivity contribution in [3.05, 3.63) is 52.2 Å². The monoisotopic (exact) mass is 343 g/mol. The van der Waals surface area contributed by atoms with Crippen LogP contribution in [0.2, 0.25) is 0 Å². The first kappa shape index (κ1) is 16.5. The molecule has 126 valence electrons. The Hall–Kier alpha value is -2.34. The summed E-state index contributed by atoms with van der Waals surface area (Å²) in [6.45, 7) is 2.46. The van der Waals surface area contributed by atoms with E-state index in [1.165, 1.54) is 0 Å². The van der Waals surface area contributed by atoms with Crippen LogP contribution >= 0.6 is 11.3 Å². The van der Waals surface area contributed by atoms with Crippen molar-refractivity contribution >= 4 is 29.0 Å². The number of hydrogen-bond donors (Lipinski definition) is 3. The Labute approximate surface area is 145 Å². The zero-order valence-corrected chi connectivity index (χ0v) is 14.4. The summed E-state index contributed by atoms with van der Waals surface area (Å²) < 4.78 is 0. The normalized spacial score (nSPS) is 14.7. The van der Waals surface area contributed by atoms with Gasteiger partial charge in [-0.1, -0.05) is 18.2 Å². The Morgan fingerprint density at radius 2 is 1.96 bits per heavy atom. The summed E-state index contributed by atoms with van der Waals surface area (Å²) in [7, 11) is 0. The molecule has 0 saturated heterocycles. The molecule has 3 N–H and O–H groups in total. The van der Waals surface area contributed by atoms with Crippen LogP contribution in [0.25, 0.3) is 0 Å². The molecule has 1 atom stereocenters. The fraction of sp³-hybridized carbons (Fsp3) is 0.333. The fourth-order valence-corrected chi connectivity index (χ4v) is 3.00. The number of carbonyl (C=O) groups excluding carboxylic acids is 2. The first-order valence-electron chi connectivity index (χ1n) is 8.09. The minimum absolute atomic E-state index is 0.0990. The third-order valence-corrected chi connectivity index (χ3v) is 4.85. The van der Waals surface area contributed by atoms with Gasteiger partial charge in [0.15, 0.2) is 0 Å². The second-order valence-corrected chi connectivity index (χ2v) is 7.05. The Bertz CT molecular complexity index is 694.